The maximum Gasteiger partial charge on any atom is 0.410 e. The molecule has 1 N–H and O–H groups in total. The summed E-state index contributed by atoms with van der Waals surface area (Å²) < 4.78 is 12.7. The van der Waals surface area contributed by atoms with Gasteiger partial charge in [0.1, 0.15) is 22.9 Å². The Hall–Kier alpha value is -3.59. The first-order valence-corrected chi connectivity index (χ1v) is 13.9. The van der Waals surface area contributed by atoms with Crippen molar-refractivity contribution >= 4 is 29.4 Å². The molecule has 9 nitrogen and oxygen atoms in total. The molecule has 2 amide bonds. The third-order valence-electron chi connectivity index (χ3n) is 6.92. The van der Waals surface area contributed by atoms with Crippen molar-refractivity contribution in [3.63, 3.8) is 0 Å². The third-order valence-corrected chi connectivity index (χ3v) is 7.20. The van der Waals surface area contributed by atoms with E-state index in [-0.39, 0.29) is 28.8 Å². The van der Waals surface area contributed by atoms with E-state index in [0.29, 0.717) is 37.7 Å². The van der Waals surface area contributed by atoms with Crippen LogP contribution in [0.2, 0.25) is 5.02 Å². The van der Waals surface area contributed by atoms with Crippen LogP contribution in [-0.4, -0.2) is 57.5 Å². The molecule has 0 atom stereocenters. The number of benzene rings is 1. The van der Waals surface area contributed by atoms with E-state index in [1.165, 1.54) is 6.20 Å². The minimum atomic E-state index is -0.551. The lowest BCUT2D eigenvalue weighted by Crippen LogP contribution is -2.42. The number of carbonyl (C=O) groups is 2. The molecule has 0 spiro atoms. The van der Waals surface area contributed by atoms with Gasteiger partial charge in [0.05, 0.1) is 24.4 Å². The molecule has 1 saturated heterocycles. The van der Waals surface area contributed by atoms with Crippen LogP contribution in [0.5, 0.6) is 5.75 Å². The van der Waals surface area contributed by atoms with Gasteiger partial charge in [0.2, 0.25) is 0 Å². The zero-order valence-corrected chi connectivity index (χ0v) is 25.0. The zero-order valence-electron chi connectivity index (χ0n) is 24.2. The van der Waals surface area contributed by atoms with E-state index in [9.17, 15) is 9.59 Å². The van der Waals surface area contributed by atoms with Crippen LogP contribution in [-0.2, 0) is 4.74 Å². The van der Waals surface area contributed by atoms with Gasteiger partial charge in [-0.15, -0.1) is 0 Å². The molecule has 10 heteroatoms. The molecule has 3 aromatic rings. The summed E-state index contributed by atoms with van der Waals surface area (Å²) in [7, 11) is 1.68. The highest BCUT2D eigenvalue weighted by molar-refractivity contribution is 6.34. The van der Waals surface area contributed by atoms with Gasteiger partial charge in [-0.3, -0.25) is 9.48 Å². The van der Waals surface area contributed by atoms with Gasteiger partial charge in [0.25, 0.3) is 5.91 Å². The summed E-state index contributed by atoms with van der Waals surface area (Å²) in [4.78, 5) is 32.1. The molecule has 0 bridgehead atoms. The SMILES string of the molecule is COc1ccc(-c2cnc(NC(=O)c3c(Cl)cnn3C3CCN(C(=O)OC(C)(C)C)CC3)c(C)c2)cc1C(C)C. The van der Waals surface area contributed by atoms with Crippen molar-refractivity contribution in [1.82, 2.24) is 19.7 Å². The van der Waals surface area contributed by atoms with Crippen molar-refractivity contribution in [3.8, 4) is 16.9 Å². The van der Waals surface area contributed by atoms with Crippen LogP contribution >= 0.6 is 11.6 Å². The van der Waals surface area contributed by atoms with Gasteiger partial charge < -0.3 is 19.7 Å². The first-order chi connectivity index (χ1) is 18.9. The fourth-order valence-corrected chi connectivity index (χ4v) is 5.06. The maximum atomic E-state index is 13.4. The number of amides is 2. The number of likely N-dealkylation sites (tertiary alicyclic amines) is 1. The van der Waals surface area contributed by atoms with Crippen LogP contribution in [0.1, 0.15) is 81.0 Å². The first kappa shape index (κ1) is 29.4. The lowest BCUT2D eigenvalue weighted by atomic mass is 9.96. The van der Waals surface area contributed by atoms with E-state index in [4.69, 9.17) is 21.1 Å². The molecule has 1 fully saturated rings. The van der Waals surface area contributed by atoms with E-state index in [1.807, 2.05) is 45.9 Å². The molecule has 0 unspecified atom stereocenters. The van der Waals surface area contributed by atoms with E-state index in [2.05, 4.69) is 35.3 Å². The number of ether oxygens (including phenoxy) is 2. The molecule has 4 rings (SSSR count). The van der Waals surface area contributed by atoms with Gasteiger partial charge in [-0.25, -0.2) is 9.78 Å². The molecule has 3 heterocycles. The number of methoxy groups -OCH3 is 1. The van der Waals surface area contributed by atoms with Gasteiger partial charge in [-0.05, 0) is 81.3 Å². The normalized spacial score (nSPS) is 14.4. The highest BCUT2D eigenvalue weighted by atomic mass is 35.5. The van der Waals surface area contributed by atoms with Gasteiger partial charge in [-0.2, -0.15) is 5.10 Å². The second-order valence-electron chi connectivity index (χ2n) is 11.4. The molecule has 0 saturated carbocycles. The van der Waals surface area contributed by atoms with Gasteiger partial charge >= 0.3 is 6.09 Å². The van der Waals surface area contributed by atoms with Crippen LogP contribution < -0.4 is 10.1 Å². The van der Waals surface area contributed by atoms with Crippen LogP contribution in [0.15, 0.2) is 36.7 Å². The van der Waals surface area contributed by atoms with E-state index in [1.54, 1.807) is 22.9 Å². The fraction of sp³-hybridized carbons (Fsp3) is 0.467. The molecule has 0 aliphatic carbocycles. The largest absolute Gasteiger partial charge is 0.496 e. The zero-order chi connectivity index (χ0) is 29.2. The summed E-state index contributed by atoms with van der Waals surface area (Å²) in [6, 6.07) is 8.02. The van der Waals surface area contributed by atoms with Crippen LogP contribution in [0, 0.1) is 6.92 Å². The lowest BCUT2D eigenvalue weighted by molar-refractivity contribution is 0.0183. The van der Waals surface area contributed by atoms with Crippen molar-refractivity contribution in [2.45, 2.75) is 71.9 Å². The van der Waals surface area contributed by atoms with Crippen molar-refractivity contribution in [1.29, 1.82) is 0 Å². The number of aromatic nitrogens is 3. The van der Waals surface area contributed by atoms with Gasteiger partial charge in [-0.1, -0.05) is 31.5 Å². The van der Waals surface area contributed by atoms with Gasteiger partial charge in [0.15, 0.2) is 0 Å². The minimum absolute atomic E-state index is 0.0754. The number of pyridine rings is 1. The summed E-state index contributed by atoms with van der Waals surface area (Å²) in [5.41, 5.74) is 3.64. The Balaban J connectivity index is 1.48. The number of halogens is 1. The second kappa shape index (κ2) is 11.9. The predicted octanol–water partition coefficient (Wildman–Crippen LogP) is 6.86. The molecule has 1 aromatic carbocycles. The summed E-state index contributed by atoms with van der Waals surface area (Å²) >= 11 is 6.43. The summed E-state index contributed by atoms with van der Waals surface area (Å²) in [6.07, 6.45) is 4.16. The topological polar surface area (TPSA) is 98.6 Å². The number of nitrogens with zero attached hydrogens (tertiary/aromatic N) is 4. The Morgan fingerprint density at radius 1 is 1.10 bits per heavy atom. The van der Waals surface area contributed by atoms with Crippen LogP contribution in [0.4, 0.5) is 10.6 Å². The van der Waals surface area contributed by atoms with Crippen molar-refractivity contribution in [2.75, 3.05) is 25.5 Å². The van der Waals surface area contributed by atoms with Crippen LogP contribution in [0.3, 0.4) is 0 Å². The van der Waals surface area contributed by atoms with Crippen LogP contribution in [0.25, 0.3) is 11.1 Å². The number of aryl methyl sites for hydroxylation is 1. The minimum Gasteiger partial charge on any atom is -0.496 e. The molecular formula is C30H38ClN5O4. The van der Waals surface area contributed by atoms with E-state index >= 15 is 0 Å². The van der Waals surface area contributed by atoms with E-state index in [0.717, 1.165) is 28.0 Å². The smallest absolute Gasteiger partial charge is 0.410 e. The Morgan fingerprint density at radius 2 is 1.80 bits per heavy atom. The number of nitrogens with one attached hydrogen (secondary N) is 1. The molecule has 214 valence electrons. The number of hydrogen-bond donors (Lipinski definition) is 1. The number of anilines is 1. The Bertz CT molecular complexity index is 1390. The predicted molar refractivity (Wildman–Crippen MR) is 156 cm³/mol. The molecule has 1 aliphatic rings. The van der Waals surface area contributed by atoms with Crippen molar-refractivity contribution in [2.24, 2.45) is 0 Å². The molecule has 1 aliphatic heterocycles. The molecule has 2 aromatic heterocycles. The molecule has 40 heavy (non-hydrogen) atoms. The Kier molecular flexibility index (Phi) is 8.73. The highest BCUT2D eigenvalue weighted by Crippen LogP contribution is 2.33. The summed E-state index contributed by atoms with van der Waals surface area (Å²) in [5.74, 6) is 1.24. The van der Waals surface area contributed by atoms with Gasteiger partial charge in [0, 0.05) is 24.8 Å². The number of hydrogen-bond acceptors (Lipinski definition) is 6. The lowest BCUT2D eigenvalue weighted by Gasteiger charge is -2.33. The Labute approximate surface area is 240 Å². The van der Waals surface area contributed by atoms with Crippen molar-refractivity contribution in [3.05, 3.63) is 58.5 Å². The quantitative estimate of drug-likeness (QED) is 0.349. The van der Waals surface area contributed by atoms with Crippen molar-refractivity contribution < 1.29 is 19.1 Å². The third kappa shape index (κ3) is 6.58. The number of rotatable bonds is 6. The number of carbonyl (C=O) groups excluding carboxylic acids is 2. The highest BCUT2D eigenvalue weighted by Gasteiger charge is 2.30. The van der Waals surface area contributed by atoms with E-state index < -0.39 is 5.60 Å². The summed E-state index contributed by atoms with van der Waals surface area (Å²) in [6.45, 7) is 12.7. The Morgan fingerprint density at radius 3 is 2.40 bits per heavy atom. The average molecular weight is 568 g/mol. The maximum absolute atomic E-state index is 13.4. The first-order valence-electron chi connectivity index (χ1n) is 13.5. The molecule has 0 radical (unpaired) electrons. The second-order valence-corrected chi connectivity index (χ2v) is 11.8. The number of piperidine rings is 1. The monoisotopic (exact) mass is 567 g/mol. The average Bonchev–Trinajstić information content (AvgIpc) is 3.29. The summed E-state index contributed by atoms with van der Waals surface area (Å²) in [5, 5.41) is 7.58. The molecular weight excluding hydrogens is 530 g/mol. The standard InChI is InChI=1S/C30H38ClN5O4/c1-18(2)23-15-20(8-9-25(23)39-7)21-14-19(3)27(32-16-21)34-28(37)26-24(31)17-33-36(26)22-10-12-35(13-11-22)29(38)40-30(4,5)6/h8-9,14-18,22H,10-13H2,1-7H3,(H,32,34,37). The fourth-order valence-electron chi connectivity index (χ4n) is 4.85.